The lowest BCUT2D eigenvalue weighted by molar-refractivity contribution is 0.0672. The fourth-order valence-electron chi connectivity index (χ4n) is 3.05. The number of sulfonamides is 1. The molecular weight excluding hydrogens is 360 g/mol. The Hall–Kier alpha value is -2.00. The number of amides is 1. The third-order valence-corrected chi connectivity index (χ3v) is 5.07. The van der Waals surface area contributed by atoms with Gasteiger partial charge in [0.1, 0.15) is 5.75 Å². The summed E-state index contributed by atoms with van der Waals surface area (Å²) in [5, 5.41) is 0. The number of nitrogens with zero attached hydrogens (tertiary/aromatic N) is 1. The van der Waals surface area contributed by atoms with Gasteiger partial charge in [-0.15, -0.1) is 0 Å². The summed E-state index contributed by atoms with van der Waals surface area (Å²) in [6.07, 6.45) is 2.82. The minimum absolute atomic E-state index is 0.0774. The summed E-state index contributed by atoms with van der Waals surface area (Å²) < 4.78 is 41.0. The Labute approximate surface area is 154 Å². The van der Waals surface area contributed by atoms with Crippen molar-refractivity contribution in [3.05, 3.63) is 17.7 Å². The lowest BCUT2D eigenvalue weighted by Gasteiger charge is -2.33. The SMILES string of the molecule is COc1cc(OC)c(C(=O)N2CCC[C@@H](CNS(C)(=O)=O)C2)cc1OC. The van der Waals surface area contributed by atoms with Crippen molar-refractivity contribution >= 4 is 15.9 Å². The van der Waals surface area contributed by atoms with E-state index in [2.05, 4.69) is 4.72 Å². The first-order valence-electron chi connectivity index (χ1n) is 8.33. The van der Waals surface area contributed by atoms with Crippen molar-refractivity contribution in [3.63, 3.8) is 0 Å². The number of methoxy groups -OCH3 is 3. The maximum atomic E-state index is 13.0. The Kier molecular flexibility index (Phi) is 6.71. The van der Waals surface area contributed by atoms with Crippen LogP contribution in [0.25, 0.3) is 0 Å². The lowest BCUT2D eigenvalue weighted by Crippen LogP contribution is -2.43. The summed E-state index contributed by atoms with van der Waals surface area (Å²) in [5.74, 6) is 1.24. The number of benzene rings is 1. The minimum Gasteiger partial charge on any atom is -0.496 e. The number of likely N-dealkylation sites (tertiary alicyclic amines) is 1. The number of piperidine rings is 1. The van der Waals surface area contributed by atoms with Crippen LogP contribution in [0.4, 0.5) is 0 Å². The van der Waals surface area contributed by atoms with Crippen LogP contribution in [-0.4, -0.2) is 66.4 Å². The first-order chi connectivity index (χ1) is 12.3. The first kappa shape index (κ1) is 20.3. The molecule has 0 saturated carbocycles. The Morgan fingerprint density at radius 3 is 2.35 bits per heavy atom. The molecule has 1 fully saturated rings. The zero-order chi connectivity index (χ0) is 19.3. The molecule has 1 N–H and O–H groups in total. The normalized spacial score (nSPS) is 17.7. The van der Waals surface area contributed by atoms with Crippen LogP contribution in [0.2, 0.25) is 0 Å². The van der Waals surface area contributed by atoms with Crippen LogP contribution in [0.3, 0.4) is 0 Å². The third-order valence-electron chi connectivity index (χ3n) is 4.38. The molecule has 1 heterocycles. The molecule has 0 bridgehead atoms. The topological polar surface area (TPSA) is 94.2 Å². The van der Waals surface area contributed by atoms with Crippen molar-refractivity contribution < 1.29 is 27.4 Å². The van der Waals surface area contributed by atoms with E-state index in [4.69, 9.17) is 14.2 Å². The van der Waals surface area contributed by atoms with Crippen LogP contribution in [0, 0.1) is 5.92 Å². The van der Waals surface area contributed by atoms with Crippen molar-refractivity contribution in [3.8, 4) is 17.2 Å². The highest BCUT2D eigenvalue weighted by atomic mass is 32.2. The molecule has 0 unspecified atom stereocenters. The quantitative estimate of drug-likeness (QED) is 0.755. The van der Waals surface area contributed by atoms with Crippen LogP contribution in [-0.2, 0) is 10.0 Å². The molecule has 1 aliphatic rings. The summed E-state index contributed by atoms with van der Waals surface area (Å²) >= 11 is 0. The molecular formula is C17H26N2O6S. The number of ether oxygens (including phenoxy) is 3. The first-order valence-corrected chi connectivity index (χ1v) is 10.2. The van der Waals surface area contributed by atoms with E-state index < -0.39 is 10.0 Å². The molecule has 9 heteroatoms. The van der Waals surface area contributed by atoms with Crippen molar-refractivity contribution in [1.82, 2.24) is 9.62 Å². The van der Waals surface area contributed by atoms with E-state index in [0.717, 1.165) is 19.1 Å². The number of carbonyl (C=O) groups excluding carboxylic acids is 1. The number of nitrogens with one attached hydrogen (secondary N) is 1. The Bertz CT molecular complexity index is 750. The maximum Gasteiger partial charge on any atom is 0.257 e. The average molecular weight is 386 g/mol. The van der Waals surface area contributed by atoms with Crippen LogP contribution >= 0.6 is 0 Å². The monoisotopic (exact) mass is 386 g/mol. The van der Waals surface area contributed by atoms with E-state index in [1.54, 1.807) is 17.0 Å². The molecule has 0 radical (unpaired) electrons. The smallest absolute Gasteiger partial charge is 0.257 e. The van der Waals surface area contributed by atoms with Gasteiger partial charge in [0.25, 0.3) is 5.91 Å². The van der Waals surface area contributed by atoms with Gasteiger partial charge in [0.2, 0.25) is 10.0 Å². The van der Waals surface area contributed by atoms with E-state index in [1.807, 2.05) is 0 Å². The van der Waals surface area contributed by atoms with Gasteiger partial charge in [-0.25, -0.2) is 13.1 Å². The fourth-order valence-corrected chi connectivity index (χ4v) is 3.59. The molecule has 26 heavy (non-hydrogen) atoms. The van der Waals surface area contributed by atoms with Gasteiger partial charge in [-0.1, -0.05) is 0 Å². The molecule has 1 aromatic rings. The van der Waals surface area contributed by atoms with Crippen molar-refractivity contribution in [2.45, 2.75) is 12.8 Å². The van der Waals surface area contributed by atoms with E-state index in [-0.39, 0.29) is 11.8 Å². The standard InChI is InChI=1S/C17H26N2O6S/c1-23-14-9-16(25-3)15(24-2)8-13(14)17(20)19-7-5-6-12(11-19)10-18-26(4,21)22/h8-9,12,18H,5-7,10-11H2,1-4H3/t12-/m0/s1. The Balaban J connectivity index is 2.19. The second-order valence-corrected chi connectivity index (χ2v) is 8.12. The van der Waals surface area contributed by atoms with Crippen LogP contribution in [0.1, 0.15) is 23.2 Å². The predicted molar refractivity (Wildman–Crippen MR) is 97.6 cm³/mol. The van der Waals surface area contributed by atoms with E-state index in [9.17, 15) is 13.2 Å². The Morgan fingerprint density at radius 2 is 1.77 bits per heavy atom. The van der Waals surface area contributed by atoms with Crippen molar-refractivity contribution in [2.24, 2.45) is 5.92 Å². The molecule has 8 nitrogen and oxygen atoms in total. The van der Waals surface area contributed by atoms with Gasteiger partial charge in [-0.3, -0.25) is 4.79 Å². The highest BCUT2D eigenvalue weighted by Gasteiger charge is 2.28. The van der Waals surface area contributed by atoms with Crippen LogP contribution in [0.15, 0.2) is 12.1 Å². The highest BCUT2D eigenvalue weighted by Crippen LogP contribution is 2.35. The summed E-state index contributed by atoms with van der Waals surface area (Å²) in [4.78, 5) is 14.7. The molecule has 2 rings (SSSR count). The van der Waals surface area contributed by atoms with Gasteiger partial charge in [-0.05, 0) is 18.8 Å². The van der Waals surface area contributed by atoms with Gasteiger partial charge in [0.15, 0.2) is 11.5 Å². The molecule has 1 aliphatic heterocycles. The third kappa shape index (κ3) is 5.01. The average Bonchev–Trinajstić information content (AvgIpc) is 2.64. The minimum atomic E-state index is -3.24. The van der Waals surface area contributed by atoms with Gasteiger partial charge >= 0.3 is 0 Å². The van der Waals surface area contributed by atoms with E-state index >= 15 is 0 Å². The van der Waals surface area contributed by atoms with Crippen molar-refractivity contribution in [1.29, 1.82) is 0 Å². The molecule has 1 aromatic carbocycles. The van der Waals surface area contributed by atoms with Gasteiger partial charge < -0.3 is 19.1 Å². The number of rotatable bonds is 7. The number of hydrogen-bond donors (Lipinski definition) is 1. The Morgan fingerprint density at radius 1 is 1.15 bits per heavy atom. The summed E-state index contributed by atoms with van der Waals surface area (Å²) in [6, 6.07) is 3.23. The second kappa shape index (κ2) is 8.59. The maximum absolute atomic E-state index is 13.0. The molecule has 1 atom stereocenters. The van der Waals surface area contributed by atoms with Crippen LogP contribution < -0.4 is 18.9 Å². The zero-order valence-corrected chi connectivity index (χ0v) is 16.4. The van der Waals surface area contributed by atoms with Gasteiger partial charge in [-0.2, -0.15) is 0 Å². The molecule has 146 valence electrons. The van der Waals surface area contributed by atoms with Crippen LogP contribution in [0.5, 0.6) is 17.2 Å². The summed E-state index contributed by atoms with van der Waals surface area (Å²) in [6.45, 7) is 1.43. The molecule has 0 aliphatic carbocycles. The predicted octanol–water partition coefficient (Wildman–Crippen LogP) is 1.11. The van der Waals surface area contributed by atoms with E-state index in [0.29, 0.717) is 42.4 Å². The molecule has 0 aromatic heterocycles. The fraction of sp³-hybridized carbons (Fsp3) is 0.588. The largest absolute Gasteiger partial charge is 0.496 e. The second-order valence-electron chi connectivity index (χ2n) is 6.29. The number of hydrogen-bond acceptors (Lipinski definition) is 6. The number of carbonyl (C=O) groups is 1. The molecule has 0 spiro atoms. The zero-order valence-electron chi connectivity index (χ0n) is 15.6. The summed E-state index contributed by atoms with van der Waals surface area (Å²) in [5.41, 5.74) is 0.391. The summed E-state index contributed by atoms with van der Waals surface area (Å²) in [7, 11) is 1.27. The van der Waals surface area contributed by atoms with Gasteiger partial charge in [0, 0.05) is 31.8 Å². The van der Waals surface area contributed by atoms with E-state index in [1.165, 1.54) is 21.3 Å². The molecule has 1 saturated heterocycles. The van der Waals surface area contributed by atoms with Gasteiger partial charge in [0.05, 0.1) is 33.1 Å². The highest BCUT2D eigenvalue weighted by molar-refractivity contribution is 7.88. The van der Waals surface area contributed by atoms with Crippen molar-refractivity contribution in [2.75, 3.05) is 47.2 Å². The lowest BCUT2D eigenvalue weighted by atomic mass is 9.97. The molecule has 1 amide bonds.